The second kappa shape index (κ2) is 7.40. The summed E-state index contributed by atoms with van der Waals surface area (Å²) in [6, 6.07) is 2.63. The van der Waals surface area contributed by atoms with Gasteiger partial charge in [0.05, 0.1) is 17.6 Å². The third kappa shape index (κ3) is 3.77. The average Bonchev–Trinajstić information content (AvgIpc) is 3.02. The van der Waals surface area contributed by atoms with Crippen LogP contribution < -0.4 is 15.5 Å². The van der Waals surface area contributed by atoms with Crippen molar-refractivity contribution in [1.82, 2.24) is 19.7 Å². The molecule has 1 atom stereocenters. The Hall–Kier alpha value is -3.07. The first kappa shape index (κ1) is 19.3. The molecular weight excluding hydrogens is 378 g/mol. The summed E-state index contributed by atoms with van der Waals surface area (Å²) in [5, 5.41) is 5.77. The van der Waals surface area contributed by atoms with Crippen molar-refractivity contribution in [3.63, 3.8) is 0 Å². The van der Waals surface area contributed by atoms with Crippen molar-refractivity contribution in [2.75, 3.05) is 29.9 Å². The zero-order valence-corrected chi connectivity index (χ0v) is 16.5. The van der Waals surface area contributed by atoms with Crippen LogP contribution in [0.15, 0.2) is 24.5 Å². The summed E-state index contributed by atoms with van der Waals surface area (Å²) in [5.74, 6) is -2.50. The van der Waals surface area contributed by atoms with Gasteiger partial charge in [0.1, 0.15) is 23.0 Å². The van der Waals surface area contributed by atoms with Crippen LogP contribution >= 0.6 is 0 Å². The van der Waals surface area contributed by atoms with Gasteiger partial charge in [-0.25, -0.2) is 18.7 Å². The van der Waals surface area contributed by atoms with E-state index >= 15 is 0 Å². The predicted octanol–water partition coefficient (Wildman–Crippen LogP) is 2.67. The largest absolute Gasteiger partial charge is 0.369 e. The highest BCUT2D eigenvalue weighted by molar-refractivity contribution is 6.04. The Bertz CT molecular complexity index is 1070. The minimum Gasteiger partial charge on any atom is -0.369 e. The summed E-state index contributed by atoms with van der Waals surface area (Å²) in [7, 11) is 0. The van der Waals surface area contributed by atoms with Crippen molar-refractivity contribution < 1.29 is 13.6 Å². The maximum Gasteiger partial charge on any atom is 0.262 e. The number of aryl methyl sites for hydroxylation is 2. The van der Waals surface area contributed by atoms with Crippen LogP contribution in [0.4, 0.5) is 20.3 Å². The van der Waals surface area contributed by atoms with Gasteiger partial charge in [0, 0.05) is 37.6 Å². The maximum absolute atomic E-state index is 14.7. The van der Waals surface area contributed by atoms with Crippen LogP contribution in [0.25, 0.3) is 5.65 Å². The highest BCUT2D eigenvalue weighted by Crippen LogP contribution is 2.24. The topological polar surface area (TPSA) is 74.6 Å². The summed E-state index contributed by atoms with van der Waals surface area (Å²) >= 11 is 0. The molecule has 2 N–H and O–H groups in total. The number of nitrogens with zero attached hydrogens (tertiary/aromatic N) is 4. The first-order chi connectivity index (χ1) is 13.8. The number of benzene rings is 1. The highest BCUT2D eigenvalue weighted by atomic mass is 19.1. The third-order valence-corrected chi connectivity index (χ3v) is 4.96. The van der Waals surface area contributed by atoms with E-state index in [-0.39, 0.29) is 11.9 Å². The van der Waals surface area contributed by atoms with Gasteiger partial charge in [-0.3, -0.25) is 4.79 Å². The molecular formula is C20H22F2N6O. The molecule has 1 fully saturated rings. The number of hydrogen-bond donors (Lipinski definition) is 2. The fourth-order valence-electron chi connectivity index (χ4n) is 3.64. The lowest BCUT2D eigenvalue weighted by Crippen LogP contribution is -2.49. The van der Waals surface area contributed by atoms with Gasteiger partial charge in [-0.05, 0) is 32.9 Å². The number of anilines is 2. The van der Waals surface area contributed by atoms with Gasteiger partial charge in [-0.1, -0.05) is 0 Å². The zero-order chi connectivity index (χ0) is 20.7. The number of rotatable bonds is 3. The third-order valence-electron chi connectivity index (χ3n) is 4.96. The molecule has 4 rings (SSSR count). The van der Waals surface area contributed by atoms with E-state index < -0.39 is 23.1 Å². The number of aromatic nitrogens is 3. The molecule has 152 valence electrons. The normalized spacial score (nSPS) is 17.0. The van der Waals surface area contributed by atoms with Crippen LogP contribution in [0.3, 0.4) is 0 Å². The molecule has 2 aromatic heterocycles. The molecule has 9 heteroatoms. The van der Waals surface area contributed by atoms with Crippen molar-refractivity contribution in [1.29, 1.82) is 0 Å². The number of halogens is 2. The molecule has 1 amide bonds. The molecule has 1 aliphatic rings. The van der Waals surface area contributed by atoms with Gasteiger partial charge < -0.3 is 19.9 Å². The number of amides is 1. The Morgan fingerprint density at radius 1 is 1.21 bits per heavy atom. The molecule has 0 unspecified atom stereocenters. The van der Waals surface area contributed by atoms with Crippen molar-refractivity contribution >= 4 is 23.1 Å². The van der Waals surface area contributed by atoms with Crippen molar-refractivity contribution in [3.05, 3.63) is 53.1 Å². The van der Waals surface area contributed by atoms with Crippen molar-refractivity contribution in [2.24, 2.45) is 0 Å². The zero-order valence-electron chi connectivity index (χ0n) is 16.5. The molecule has 0 bridgehead atoms. The number of nitrogens with one attached hydrogen (secondary N) is 2. The van der Waals surface area contributed by atoms with Crippen LogP contribution in [-0.2, 0) is 0 Å². The fraction of sp³-hybridized carbons (Fsp3) is 0.350. The molecule has 0 radical (unpaired) electrons. The predicted molar refractivity (Wildman–Crippen MR) is 106 cm³/mol. The molecule has 0 aliphatic carbocycles. The van der Waals surface area contributed by atoms with Gasteiger partial charge in [0.2, 0.25) is 0 Å². The lowest BCUT2D eigenvalue weighted by atomic mass is 10.1. The van der Waals surface area contributed by atoms with E-state index in [4.69, 9.17) is 0 Å². The average molecular weight is 400 g/mol. The van der Waals surface area contributed by atoms with Gasteiger partial charge in [0.15, 0.2) is 5.65 Å². The summed E-state index contributed by atoms with van der Waals surface area (Å²) < 4.78 is 31.1. The van der Waals surface area contributed by atoms with Crippen molar-refractivity contribution in [2.45, 2.75) is 26.8 Å². The molecule has 29 heavy (non-hydrogen) atoms. The SMILES string of the molecule is Cc1cn2cc(NC(=O)c3c(F)cc(N4CCN[C@H](C)C4)cc3F)nc(C)c2n1. The fourth-order valence-corrected chi connectivity index (χ4v) is 3.64. The van der Waals surface area contributed by atoms with Crippen LogP contribution in [0, 0.1) is 25.5 Å². The maximum atomic E-state index is 14.7. The molecule has 0 saturated carbocycles. The van der Waals surface area contributed by atoms with E-state index in [1.165, 1.54) is 12.1 Å². The summed E-state index contributed by atoms with van der Waals surface area (Å²) in [6.07, 6.45) is 3.34. The van der Waals surface area contributed by atoms with Crippen LogP contribution in [0.5, 0.6) is 0 Å². The van der Waals surface area contributed by atoms with Crippen LogP contribution in [-0.4, -0.2) is 46.0 Å². The number of piperazine rings is 1. The molecule has 1 aliphatic heterocycles. The van der Waals surface area contributed by atoms with Gasteiger partial charge >= 0.3 is 0 Å². The molecule has 3 heterocycles. The van der Waals surface area contributed by atoms with E-state index in [2.05, 4.69) is 20.6 Å². The van der Waals surface area contributed by atoms with Gasteiger partial charge in [-0.15, -0.1) is 0 Å². The van der Waals surface area contributed by atoms with E-state index in [1.54, 1.807) is 23.7 Å². The van der Waals surface area contributed by atoms with Crippen molar-refractivity contribution in [3.8, 4) is 0 Å². The number of hydrogen-bond acceptors (Lipinski definition) is 5. The standard InChI is InChI=1S/C20H22F2N6O/c1-11-8-27(5-4-23-11)14-6-15(21)18(16(22)7-14)20(29)26-17-10-28-9-12(2)24-19(28)13(3)25-17/h6-7,9-11,23H,4-5,8H2,1-3H3,(H,26,29)/t11-/m1/s1. The minimum atomic E-state index is -0.903. The number of imidazole rings is 1. The minimum absolute atomic E-state index is 0.191. The van der Waals surface area contributed by atoms with E-state index in [1.807, 2.05) is 18.7 Å². The number of fused-ring (bicyclic) bond motifs is 1. The van der Waals surface area contributed by atoms with Gasteiger partial charge in [-0.2, -0.15) is 0 Å². The van der Waals surface area contributed by atoms with Crippen LogP contribution in [0.1, 0.15) is 28.7 Å². The lowest BCUT2D eigenvalue weighted by molar-refractivity contribution is 0.101. The molecule has 7 nitrogen and oxygen atoms in total. The van der Waals surface area contributed by atoms with E-state index in [0.29, 0.717) is 30.1 Å². The summed E-state index contributed by atoms with van der Waals surface area (Å²) in [6.45, 7) is 7.61. The summed E-state index contributed by atoms with van der Waals surface area (Å²) in [4.78, 5) is 23.1. The molecule has 3 aromatic rings. The Morgan fingerprint density at radius 3 is 2.62 bits per heavy atom. The Balaban J connectivity index is 1.60. The van der Waals surface area contributed by atoms with Crippen LogP contribution in [0.2, 0.25) is 0 Å². The monoisotopic (exact) mass is 400 g/mol. The summed E-state index contributed by atoms with van der Waals surface area (Å²) in [5.41, 5.74) is 1.85. The Labute approximate surface area is 166 Å². The number of carbonyl (C=O) groups excluding carboxylic acids is 1. The molecule has 1 saturated heterocycles. The Kier molecular flexibility index (Phi) is 4.91. The first-order valence-corrected chi connectivity index (χ1v) is 9.43. The molecule has 1 aromatic carbocycles. The molecule has 0 spiro atoms. The quantitative estimate of drug-likeness (QED) is 0.707. The second-order valence-corrected chi connectivity index (χ2v) is 7.36. The Morgan fingerprint density at radius 2 is 1.93 bits per heavy atom. The first-order valence-electron chi connectivity index (χ1n) is 9.43. The highest BCUT2D eigenvalue weighted by Gasteiger charge is 2.23. The smallest absolute Gasteiger partial charge is 0.262 e. The lowest BCUT2D eigenvalue weighted by Gasteiger charge is -2.33. The van der Waals surface area contributed by atoms with E-state index in [9.17, 15) is 13.6 Å². The van der Waals surface area contributed by atoms with Gasteiger partial charge in [0.25, 0.3) is 5.91 Å². The number of carbonyl (C=O) groups is 1. The second-order valence-electron chi connectivity index (χ2n) is 7.36. The van der Waals surface area contributed by atoms with E-state index in [0.717, 1.165) is 12.2 Å².